The molecule has 5 nitrogen and oxygen atoms in total. The summed E-state index contributed by atoms with van der Waals surface area (Å²) in [4.78, 5) is 12.1. The Morgan fingerprint density at radius 2 is 2.05 bits per heavy atom. The average molecular weight is 317 g/mol. The number of esters is 1. The van der Waals surface area contributed by atoms with Gasteiger partial charge in [0.2, 0.25) is 10.0 Å². The van der Waals surface area contributed by atoms with Gasteiger partial charge in [-0.2, -0.15) is 4.31 Å². The summed E-state index contributed by atoms with van der Waals surface area (Å²) in [7, 11) is -3.23. The first kappa shape index (κ1) is 16.7. The van der Waals surface area contributed by atoms with Crippen molar-refractivity contribution in [3.63, 3.8) is 0 Å². The van der Waals surface area contributed by atoms with Crippen LogP contribution >= 0.6 is 0 Å². The lowest BCUT2D eigenvalue weighted by molar-refractivity contribution is -0.156. The van der Waals surface area contributed by atoms with Crippen LogP contribution in [0.5, 0.6) is 0 Å². The Kier molecular flexibility index (Phi) is 5.30. The molecule has 0 amide bonds. The van der Waals surface area contributed by atoms with Crippen molar-refractivity contribution in [2.75, 3.05) is 18.8 Å². The van der Waals surface area contributed by atoms with Gasteiger partial charge in [-0.3, -0.25) is 4.79 Å². The SMILES string of the molecule is CC(C)[C@H]1CC[C@@H](C)C[C@H]1OC(=O)CN1CCCS1(=O)=O. The fourth-order valence-corrected chi connectivity index (χ4v) is 4.93. The third kappa shape index (κ3) is 4.19. The van der Waals surface area contributed by atoms with E-state index < -0.39 is 16.0 Å². The molecular formula is C15H27NO4S. The van der Waals surface area contributed by atoms with Crippen molar-refractivity contribution >= 4 is 16.0 Å². The van der Waals surface area contributed by atoms with Crippen LogP contribution in [0, 0.1) is 17.8 Å². The molecule has 0 aromatic carbocycles. The highest BCUT2D eigenvalue weighted by atomic mass is 32.2. The molecule has 21 heavy (non-hydrogen) atoms. The predicted octanol–water partition coefficient (Wildman–Crippen LogP) is 2.03. The number of hydrogen-bond acceptors (Lipinski definition) is 4. The Balaban J connectivity index is 1.94. The van der Waals surface area contributed by atoms with Crippen LogP contribution in [0.25, 0.3) is 0 Å². The summed E-state index contributed by atoms with van der Waals surface area (Å²) in [5.74, 6) is 1.18. The van der Waals surface area contributed by atoms with Crippen molar-refractivity contribution in [1.82, 2.24) is 4.31 Å². The zero-order chi connectivity index (χ0) is 15.6. The standard InChI is InChI=1S/C15H27NO4S/c1-11(2)13-6-5-12(3)9-14(13)20-15(17)10-16-7-4-8-21(16,18)19/h11-14H,4-10H2,1-3H3/t12-,13-,14-/m1/s1. The highest BCUT2D eigenvalue weighted by molar-refractivity contribution is 7.89. The van der Waals surface area contributed by atoms with Crippen LogP contribution in [0.15, 0.2) is 0 Å². The van der Waals surface area contributed by atoms with E-state index in [-0.39, 0.29) is 18.4 Å². The van der Waals surface area contributed by atoms with Gasteiger partial charge in [-0.15, -0.1) is 0 Å². The van der Waals surface area contributed by atoms with E-state index in [0.29, 0.717) is 30.7 Å². The molecule has 0 aromatic heterocycles. The Labute approximate surface area is 128 Å². The minimum atomic E-state index is -3.23. The molecule has 122 valence electrons. The lowest BCUT2D eigenvalue weighted by atomic mass is 9.75. The lowest BCUT2D eigenvalue weighted by Gasteiger charge is -2.36. The van der Waals surface area contributed by atoms with E-state index in [9.17, 15) is 13.2 Å². The summed E-state index contributed by atoms with van der Waals surface area (Å²) in [6, 6.07) is 0. The van der Waals surface area contributed by atoms with E-state index in [0.717, 1.165) is 12.8 Å². The summed E-state index contributed by atoms with van der Waals surface area (Å²) in [6.45, 7) is 6.81. The van der Waals surface area contributed by atoms with E-state index in [4.69, 9.17) is 4.74 Å². The van der Waals surface area contributed by atoms with Crippen LogP contribution in [0.2, 0.25) is 0 Å². The van der Waals surface area contributed by atoms with Crippen molar-refractivity contribution < 1.29 is 17.9 Å². The van der Waals surface area contributed by atoms with Gasteiger partial charge in [0, 0.05) is 6.54 Å². The molecule has 0 N–H and O–H groups in total. The van der Waals surface area contributed by atoms with Gasteiger partial charge in [0.15, 0.2) is 0 Å². The Bertz CT molecular complexity index is 474. The van der Waals surface area contributed by atoms with E-state index in [1.54, 1.807) is 0 Å². The van der Waals surface area contributed by atoms with E-state index in [1.165, 1.54) is 10.7 Å². The maximum atomic E-state index is 12.1. The molecule has 1 saturated heterocycles. The summed E-state index contributed by atoms with van der Waals surface area (Å²) < 4.78 is 30.4. The molecule has 0 bridgehead atoms. The lowest BCUT2D eigenvalue weighted by Crippen LogP contribution is -2.39. The number of hydrogen-bond donors (Lipinski definition) is 0. The Morgan fingerprint density at radius 3 is 2.62 bits per heavy atom. The fourth-order valence-electron chi connectivity index (χ4n) is 3.47. The monoisotopic (exact) mass is 317 g/mol. The van der Waals surface area contributed by atoms with Gasteiger partial charge < -0.3 is 4.74 Å². The highest BCUT2D eigenvalue weighted by Gasteiger charge is 2.35. The van der Waals surface area contributed by atoms with Crippen molar-refractivity contribution in [3.05, 3.63) is 0 Å². The number of sulfonamides is 1. The number of carbonyl (C=O) groups excluding carboxylic acids is 1. The van der Waals surface area contributed by atoms with Gasteiger partial charge in [0.25, 0.3) is 0 Å². The molecule has 1 aliphatic carbocycles. The van der Waals surface area contributed by atoms with Gasteiger partial charge in [0.1, 0.15) is 12.6 Å². The number of rotatable bonds is 4. The Morgan fingerprint density at radius 1 is 1.33 bits per heavy atom. The molecule has 0 radical (unpaired) electrons. The number of carbonyl (C=O) groups is 1. The van der Waals surface area contributed by atoms with Crippen molar-refractivity contribution in [2.24, 2.45) is 17.8 Å². The zero-order valence-corrected chi connectivity index (χ0v) is 14.1. The quantitative estimate of drug-likeness (QED) is 0.744. The van der Waals surface area contributed by atoms with E-state index in [2.05, 4.69) is 20.8 Å². The van der Waals surface area contributed by atoms with Crippen molar-refractivity contribution in [1.29, 1.82) is 0 Å². The maximum absolute atomic E-state index is 12.1. The van der Waals surface area contributed by atoms with Gasteiger partial charge in [-0.05, 0) is 37.0 Å². The van der Waals surface area contributed by atoms with Gasteiger partial charge >= 0.3 is 5.97 Å². The minimum absolute atomic E-state index is 0.0634. The first-order valence-electron chi connectivity index (χ1n) is 7.97. The van der Waals surface area contributed by atoms with Crippen LogP contribution in [0.3, 0.4) is 0 Å². The largest absolute Gasteiger partial charge is 0.461 e. The van der Waals surface area contributed by atoms with E-state index in [1.807, 2.05) is 0 Å². The second-order valence-corrected chi connectivity index (χ2v) is 8.95. The first-order chi connectivity index (χ1) is 9.79. The molecule has 0 spiro atoms. The zero-order valence-electron chi connectivity index (χ0n) is 13.2. The molecule has 2 fully saturated rings. The molecule has 0 unspecified atom stereocenters. The number of nitrogens with zero attached hydrogens (tertiary/aromatic N) is 1. The fraction of sp³-hybridized carbons (Fsp3) is 0.933. The maximum Gasteiger partial charge on any atom is 0.321 e. The van der Waals surface area contributed by atoms with Gasteiger partial charge in [-0.1, -0.05) is 27.2 Å². The average Bonchev–Trinajstić information content (AvgIpc) is 2.68. The van der Waals surface area contributed by atoms with Gasteiger partial charge in [0.05, 0.1) is 5.75 Å². The highest BCUT2D eigenvalue weighted by Crippen LogP contribution is 2.35. The van der Waals surface area contributed by atoms with Crippen LogP contribution in [0.4, 0.5) is 0 Å². The molecule has 1 aliphatic heterocycles. The van der Waals surface area contributed by atoms with Crippen LogP contribution < -0.4 is 0 Å². The second kappa shape index (κ2) is 6.65. The van der Waals surface area contributed by atoms with Crippen molar-refractivity contribution in [3.8, 4) is 0 Å². The summed E-state index contributed by atoms with van der Waals surface area (Å²) in [6.07, 6.45) is 3.69. The van der Waals surface area contributed by atoms with Crippen molar-refractivity contribution in [2.45, 2.75) is 52.6 Å². The number of ether oxygens (including phenoxy) is 1. The molecule has 1 heterocycles. The summed E-state index contributed by atoms with van der Waals surface area (Å²) in [5.41, 5.74) is 0. The van der Waals surface area contributed by atoms with Crippen LogP contribution in [-0.4, -0.2) is 43.6 Å². The Hall–Kier alpha value is -0.620. The molecule has 6 heteroatoms. The minimum Gasteiger partial charge on any atom is -0.461 e. The smallest absolute Gasteiger partial charge is 0.321 e. The van der Waals surface area contributed by atoms with Crippen LogP contribution in [0.1, 0.15) is 46.5 Å². The van der Waals surface area contributed by atoms with Gasteiger partial charge in [-0.25, -0.2) is 8.42 Å². The molecule has 1 saturated carbocycles. The summed E-state index contributed by atoms with van der Waals surface area (Å²) >= 11 is 0. The first-order valence-corrected chi connectivity index (χ1v) is 9.58. The molecule has 0 aromatic rings. The normalized spacial score (nSPS) is 33.2. The molecule has 3 atom stereocenters. The second-order valence-electron chi connectivity index (χ2n) is 6.86. The van der Waals surface area contributed by atoms with Crippen LogP contribution in [-0.2, 0) is 19.6 Å². The summed E-state index contributed by atoms with van der Waals surface area (Å²) in [5, 5.41) is 0. The third-order valence-electron chi connectivity index (χ3n) is 4.75. The molecule has 2 aliphatic rings. The topological polar surface area (TPSA) is 63.7 Å². The molecular weight excluding hydrogens is 290 g/mol. The third-order valence-corrected chi connectivity index (χ3v) is 6.66. The van der Waals surface area contributed by atoms with E-state index >= 15 is 0 Å². The molecule has 2 rings (SSSR count). The predicted molar refractivity (Wildman–Crippen MR) is 81.2 cm³/mol.